The molecule has 1 amide bonds. The minimum Gasteiger partial charge on any atom is -0.331 e. The van der Waals surface area contributed by atoms with E-state index in [2.05, 4.69) is 4.99 Å². The van der Waals surface area contributed by atoms with Crippen LogP contribution in [0.5, 0.6) is 0 Å². The molecular weight excluding hydrogens is 200 g/mol. The summed E-state index contributed by atoms with van der Waals surface area (Å²) in [5.41, 5.74) is 2.67. The maximum absolute atomic E-state index is 12.3. The summed E-state index contributed by atoms with van der Waals surface area (Å²) in [7, 11) is 0. The Labute approximate surface area is 94.8 Å². The smallest absolute Gasteiger partial charge is 0.256 e. The molecule has 2 heterocycles. The van der Waals surface area contributed by atoms with Gasteiger partial charge in [0.25, 0.3) is 5.91 Å². The van der Waals surface area contributed by atoms with Crippen molar-refractivity contribution >= 4 is 17.8 Å². The minimum atomic E-state index is 0.138. The fraction of sp³-hybridized carbons (Fsp3) is 0.385. The van der Waals surface area contributed by atoms with E-state index in [0.717, 1.165) is 36.2 Å². The second-order valence-electron chi connectivity index (χ2n) is 4.46. The van der Waals surface area contributed by atoms with Gasteiger partial charge in [-0.05, 0) is 31.4 Å². The van der Waals surface area contributed by atoms with Crippen LogP contribution >= 0.6 is 0 Å². The molecule has 1 unspecified atom stereocenters. The Morgan fingerprint density at radius 1 is 1.44 bits per heavy atom. The number of benzene rings is 1. The minimum absolute atomic E-state index is 0.138. The number of aliphatic imine (C=N–C) groups is 1. The summed E-state index contributed by atoms with van der Waals surface area (Å²) in [4.78, 5) is 18.7. The molecule has 16 heavy (non-hydrogen) atoms. The molecule has 1 atom stereocenters. The Morgan fingerprint density at radius 3 is 3.19 bits per heavy atom. The van der Waals surface area contributed by atoms with Crippen molar-refractivity contribution in [2.75, 3.05) is 6.54 Å². The molecule has 0 N–H and O–H groups in total. The Bertz CT molecular complexity index is 479. The molecule has 0 bridgehead atoms. The van der Waals surface area contributed by atoms with E-state index >= 15 is 0 Å². The summed E-state index contributed by atoms with van der Waals surface area (Å²) in [6.07, 6.45) is 4.07. The van der Waals surface area contributed by atoms with Gasteiger partial charge in [-0.2, -0.15) is 0 Å². The number of carbonyl (C=O) groups is 1. The largest absolute Gasteiger partial charge is 0.331 e. The molecule has 2 aliphatic heterocycles. The lowest BCUT2D eigenvalue weighted by Gasteiger charge is -2.19. The van der Waals surface area contributed by atoms with Crippen molar-refractivity contribution in [2.24, 2.45) is 4.99 Å². The predicted octanol–water partition coefficient (Wildman–Crippen LogP) is 2.32. The Morgan fingerprint density at radius 2 is 2.31 bits per heavy atom. The molecule has 2 aliphatic rings. The number of hydrogen-bond acceptors (Lipinski definition) is 2. The van der Waals surface area contributed by atoms with E-state index in [9.17, 15) is 4.79 Å². The zero-order chi connectivity index (χ0) is 11.1. The highest BCUT2D eigenvalue weighted by atomic mass is 16.2. The van der Waals surface area contributed by atoms with Gasteiger partial charge in [0.1, 0.15) is 0 Å². The standard InChI is InChI=1S/C13H14N2O/c1-9-4-2-6-11-12(9)14-8-10-5-3-7-15(10)13(11)16/h2,4,6,8,10H,3,5,7H2,1H3. The number of amides is 1. The molecule has 1 aromatic rings. The van der Waals surface area contributed by atoms with Gasteiger partial charge in [0.2, 0.25) is 0 Å². The lowest BCUT2D eigenvalue weighted by Crippen LogP contribution is -2.35. The Balaban J connectivity index is 2.16. The number of aryl methyl sites for hydroxylation is 1. The van der Waals surface area contributed by atoms with Gasteiger partial charge in [0, 0.05) is 12.8 Å². The second kappa shape index (κ2) is 3.44. The molecule has 1 fully saturated rings. The monoisotopic (exact) mass is 214 g/mol. The highest BCUT2D eigenvalue weighted by molar-refractivity contribution is 6.03. The van der Waals surface area contributed by atoms with Gasteiger partial charge in [0.05, 0.1) is 17.3 Å². The molecule has 3 rings (SSSR count). The lowest BCUT2D eigenvalue weighted by atomic mass is 10.1. The number of fused-ring (bicyclic) bond motifs is 2. The van der Waals surface area contributed by atoms with Crippen molar-refractivity contribution in [3.8, 4) is 0 Å². The van der Waals surface area contributed by atoms with Crippen LogP contribution in [0.3, 0.4) is 0 Å². The normalized spacial score (nSPS) is 22.9. The SMILES string of the molecule is Cc1cccc2c1N=CC1CCCN1C2=O. The van der Waals surface area contributed by atoms with Gasteiger partial charge < -0.3 is 4.90 Å². The van der Waals surface area contributed by atoms with Crippen LogP contribution in [0.15, 0.2) is 23.2 Å². The molecular formula is C13H14N2O. The third-order valence-corrected chi connectivity index (χ3v) is 3.40. The van der Waals surface area contributed by atoms with Gasteiger partial charge in [0.15, 0.2) is 0 Å². The number of rotatable bonds is 0. The molecule has 82 valence electrons. The summed E-state index contributed by atoms with van der Waals surface area (Å²) < 4.78 is 0. The average Bonchev–Trinajstić information content (AvgIpc) is 2.70. The highest BCUT2D eigenvalue weighted by Gasteiger charge is 2.31. The van der Waals surface area contributed by atoms with Gasteiger partial charge in [-0.3, -0.25) is 9.79 Å². The fourth-order valence-electron chi connectivity index (χ4n) is 2.52. The van der Waals surface area contributed by atoms with Crippen molar-refractivity contribution in [3.05, 3.63) is 29.3 Å². The van der Waals surface area contributed by atoms with Gasteiger partial charge in [-0.15, -0.1) is 0 Å². The van der Waals surface area contributed by atoms with Crippen LogP contribution in [0, 0.1) is 6.92 Å². The molecule has 3 heteroatoms. The van der Waals surface area contributed by atoms with Gasteiger partial charge in [-0.1, -0.05) is 12.1 Å². The van der Waals surface area contributed by atoms with Crippen LogP contribution in [-0.4, -0.2) is 29.6 Å². The van der Waals surface area contributed by atoms with Crippen molar-refractivity contribution in [2.45, 2.75) is 25.8 Å². The third-order valence-electron chi connectivity index (χ3n) is 3.40. The molecule has 0 aliphatic carbocycles. The number of para-hydroxylation sites is 1. The highest BCUT2D eigenvalue weighted by Crippen LogP contribution is 2.30. The fourth-order valence-corrected chi connectivity index (χ4v) is 2.52. The van der Waals surface area contributed by atoms with Crippen molar-refractivity contribution < 1.29 is 4.79 Å². The maximum Gasteiger partial charge on any atom is 0.256 e. The van der Waals surface area contributed by atoms with E-state index in [1.165, 1.54) is 0 Å². The number of nitrogens with zero attached hydrogens (tertiary/aromatic N) is 2. The van der Waals surface area contributed by atoms with E-state index in [-0.39, 0.29) is 11.9 Å². The van der Waals surface area contributed by atoms with Crippen LogP contribution in [0.4, 0.5) is 5.69 Å². The Hall–Kier alpha value is -1.64. The zero-order valence-corrected chi connectivity index (χ0v) is 9.31. The third kappa shape index (κ3) is 1.28. The first-order valence-electron chi connectivity index (χ1n) is 5.72. The summed E-state index contributed by atoms with van der Waals surface area (Å²) in [6, 6.07) is 6.01. The topological polar surface area (TPSA) is 32.7 Å². The van der Waals surface area contributed by atoms with Crippen LogP contribution in [0.25, 0.3) is 0 Å². The van der Waals surface area contributed by atoms with E-state index in [1.807, 2.05) is 36.2 Å². The first-order chi connectivity index (χ1) is 7.77. The zero-order valence-electron chi connectivity index (χ0n) is 9.31. The van der Waals surface area contributed by atoms with Crippen LogP contribution < -0.4 is 0 Å². The van der Waals surface area contributed by atoms with Crippen molar-refractivity contribution in [1.29, 1.82) is 0 Å². The summed E-state index contributed by atoms with van der Waals surface area (Å²) in [5, 5.41) is 0. The van der Waals surface area contributed by atoms with E-state index in [0.29, 0.717) is 0 Å². The van der Waals surface area contributed by atoms with Crippen LogP contribution in [0.2, 0.25) is 0 Å². The van der Waals surface area contributed by atoms with E-state index in [1.54, 1.807) is 0 Å². The molecule has 1 aromatic carbocycles. The molecule has 1 saturated heterocycles. The quantitative estimate of drug-likeness (QED) is 0.652. The van der Waals surface area contributed by atoms with Crippen LogP contribution in [0.1, 0.15) is 28.8 Å². The second-order valence-corrected chi connectivity index (χ2v) is 4.46. The molecule has 0 radical (unpaired) electrons. The summed E-state index contributed by atoms with van der Waals surface area (Å²) >= 11 is 0. The Kier molecular flexibility index (Phi) is 2.06. The van der Waals surface area contributed by atoms with E-state index in [4.69, 9.17) is 0 Å². The first-order valence-corrected chi connectivity index (χ1v) is 5.72. The molecule has 0 aromatic heterocycles. The summed E-state index contributed by atoms with van der Waals surface area (Å²) in [5.74, 6) is 0.138. The molecule has 0 spiro atoms. The van der Waals surface area contributed by atoms with Gasteiger partial charge in [-0.25, -0.2) is 0 Å². The first kappa shape index (κ1) is 9.58. The van der Waals surface area contributed by atoms with Crippen molar-refractivity contribution in [1.82, 2.24) is 4.90 Å². The number of carbonyl (C=O) groups excluding carboxylic acids is 1. The van der Waals surface area contributed by atoms with Crippen LogP contribution in [-0.2, 0) is 0 Å². The predicted molar refractivity (Wildman–Crippen MR) is 63.4 cm³/mol. The average molecular weight is 214 g/mol. The number of hydrogen-bond donors (Lipinski definition) is 0. The lowest BCUT2D eigenvalue weighted by molar-refractivity contribution is 0.0775. The van der Waals surface area contributed by atoms with Crippen molar-refractivity contribution in [3.63, 3.8) is 0 Å². The summed E-state index contributed by atoms with van der Waals surface area (Å²) in [6.45, 7) is 2.86. The molecule has 0 saturated carbocycles. The molecule has 3 nitrogen and oxygen atoms in total. The van der Waals surface area contributed by atoms with Gasteiger partial charge >= 0.3 is 0 Å². The maximum atomic E-state index is 12.3. The van der Waals surface area contributed by atoms with E-state index < -0.39 is 0 Å².